The number of alkyl halides is 3. The molecule has 0 aromatic heterocycles. The number of carbonyl (C=O) groups is 2. The Morgan fingerprint density at radius 2 is 1.77 bits per heavy atom. The number of carboxylic acids is 1. The van der Waals surface area contributed by atoms with Gasteiger partial charge >= 0.3 is 18.1 Å². The maximum absolute atomic E-state index is 12.5. The number of nitrogens with zero attached hydrogens (tertiary/aromatic N) is 2. The minimum Gasteiger partial charge on any atom is -0.478 e. The van der Waals surface area contributed by atoms with Crippen molar-refractivity contribution in [2.75, 3.05) is 24.5 Å². The van der Waals surface area contributed by atoms with Crippen molar-refractivity contribution in [3.05, 3.63) is 29.8 Å². The van der Waals surface area contributed by atoms with Crippen LogP contribution >= 0.6 is 0 Å². The molecule has 1 amide bonds. The molecule has 1 heterocycles. The van der Waals surface area contributed by atoms with Crippen LogP contribution in [0, 0.1) is 0 Å². The Hall–Kier alpha value is -2.25. The monoisotopic (exact) mass is 316 g/mol. The van der Waals surface area contributed by atoms with Gasteiger partial charge in [0.2, 0.25) is 0 Å². The van der Waals surface area contributed by atoms with Gasteiger partial charge in [0, 0.05) is 31.4 Å². The number of amides is 1. The fraction of sp³-hybridized carbons (Fsp3) is 0.429. The van der Waals surface area contributed by atoms with Gasteiger partial charge in [-0.25, -0.2) is 4.79 Å². The first-order chi connectivity index (χ1) is 10.2. The highest BCUT2D eigenvalue weighted by Gasteiger charge is 2.45. The van der Waals surface area contributed by atoms with Gasteiger partial charge in [0.25, 0.3) is 0 Å². The second-order valence-electron chi connectivity index (χ2n) is 5.14. The highest BCUT2D eigenvalue weighted by atomic mass is 19.4. The lowest BCUT2D eigenvalue weighted by Crippen LogP contribution is -2.57. The molecule has 0 bridgehead atoms. The van der Waals surface area contributed by atoms with Crippen LogP contribution in [0.4, 0.5) is 18.9 Å². The fourth-order valence-electron chi connectivity index (χ4n) is 2.47. The second kappa shape index (κ2) is 5.86. The number of anilines is 1. The number of hydrogen-bond acceptors (Lipinski definition) is 3. The molecule has 1 aliphatic heterocycles. The first-order valence-electron chi connectivity index (χ1n) is 6.66. The zero-order valence-electron chi connectivity index (χ0n) is 11.8. The van der Waals surface area contributed by atoms with E-state index in [1.807, 2.05) is 4.90 Å². The summed E-state index contributed by atoms with van der Waals surface area (Å²) in [6, 6.07) is 5.52. The van der Waals surface area contributed by atoms with Gasteiger partial charge in [0.15, 0.2) is 0 Å². The zero-order valence-corrected chi connectivity index (χ0v) is 11.8. The van der Waals surface area contributed by atoms with Crippen LogP contribution in [0.25, 0.3) is 0 Å². The second-order valence-corrected chi connectivity index (χ2v) is 5.14. The van der Waals surface area contributed by atoms with E-state index in [-0.39, 0.29) is 25.2 Å². The highest BCUT2D eigenvalue weighted by molar-refractivity contribution is 5.88. The number of hydrogen-bond donors (Lipinski definition) is 1. The molecule has 1 aromatic carbocycles. The molecule has 5 nitrogen and oxygen atoms in total. The Bertz CT molecular complexity index is 572. The summed E-state index contributed by atoms with van der Waals surface area (Å²) >= 11 is 0. The molecule has 1 aromatic rings. The third-order valence-electron chi connectivity index (χ3n) is 3.61. The molecule has 0 aliphatic carbocycles. The van der Waals surface area contributed by atoms with Crippen molar-refractivity contribution >= 4 is 17.6 Å². The number of aromatic carboxylic acids is 1. The summed E-state index contributed by atoms with van der Waals surface area (Å²) in [4.78, 5) is 24.7. The Labute approximate surface area is 124 Å². The predicted molar refractivity (Wildman–Crippen MR) is 72.8 cm³/mol. The van der Waals surface area contributed by atoms with E-state index < -0.39 is 24.1 Å². The molecule has 22 heavy (non-hydrogen) atoms. The number of halogens is 3. The Morgan fingerprint density at radius 1 is 1.18 bits per heavy atom. The van der Waals surface area contributed by atoms with Gasteiger partial charge in [0.05, 0.1) is 5.56 Å². The van der Waals surface area contributed by atoms with E-state index in [1.165, 1.54) is 12.1 Å². The summed E-state index contributed by atoms with van der Waals surface area (Å²) in [6.45, 7) is 2.05. The van der Waals surface area contributed by atoms with Crippen LogP contribution in [0.1, 0.15) is 17.3 Å². The summed E-state index contributed by atoms with van der Waals surface area (Å²) in [5.41, 5.74) is 0.860. The lowest BCUT2D eigenvalue weighted by Gasteiger charge is -2.41. The standard InChI is InChI=1S/C14H15F3N2O3/c1-9-8-18(6-7-19(9)13(22)14(15,16)17)11-4-2-10(3-5-11)12(20)21/h2-5,9H,6-8H2,1H3,(H,20,21). The van der Waals surface area contributed by atoms with Crippen LogP contribution in [0.5, 0.6) is 0 Å². The maximum atomic E-state index is 12.5. The highest BCUT2D eigenvalue weighted by Crippen LogP contribution is 2.24. The number of rotatable bonds is 2. The summed E-state index contributed by atoms with van der Waals surface area (Å²) in [7, 11) is 0. The van der Waals surface area contributed by atoms with Gasteiger partial charge in [-0.2, -0.15) is 13.2 Å². The smallest absolute Gasteiger partial charge is 0.471 e. The molecule has 8 heteroatoms. The number of benzene rings is 1. The van der Waals surface area contributed by atoms with Crippen molar-refractivity contribution in [2.45, 2.75) is 19.1 Å². The summed E-state index contributed by atoms with van der Waals surface area (Å²) < 4.78 is 37.5. The third-order valence-corrected chi connectivity index (χ3v) is 3.61. The summed E-state index contributed by atoms with van der Waals surface area (Å²) in [5.74, 6) is -2.86. The molecule has 1 saturated heterocycles. The van der Waals surface area contributed by atoms with Gasteiger partial charge in [-0.3, -0.25) is 4.79 Å². The van der Waals surface area contributed by atoms with Crippen LogP contribution in [-0.2, 0) is 4.79 Å². The molecular formula is C14H15F3N2O3. The average molecular weight is 316 g/mol. The van der Waals surface area contributed by atoms with Crippen LogP contribution in [-0.4, -0.2) is 53.7 Å². The summed E-state index contributed by atoms with van der Waals surface area (Å²) in [5, 5.41) is 8.84. The van der Waals surface area contributed by atoms with E-state index in [0.717, 1.165) is 10.6 Å². The van der Waals surface area contributed by atoms with Crippen molar-refractivity contribution in [3.63, 3.8) is 0 Å². The molecule has 2 rings (SSSR count). The molecule has 1 N–H and O–H groups in total. The molecule has 0 saturated carbocycles. The lowest BCUT2D eigenvalue weighted by molar-refractivity contribution is -0.187. The van der Waals surface area contributed by atoms with Crippen molar-refractivity contribution < 1.29 is 27.9 Å². The molecule has 1 aliphatic rings. The van der Waals surface area contributed by atoms with E-state index >= 15 is 0 Å². The predicted octanol–water partition coefficient (Wildman–Crippen LogP) is 1.98. The van der Waals surface area contributed by atoms with E-state index in [2.05, 4.69) is 0 Å². The molecule has 1 unspecified atom stereocenters. The van der Waals surface area contributed by atoms with E-state index in [4.69, 9.17) is 5.11 Å². The van der Waals surface area contributed by atoms with Crippen molar-refractivity contribution in [2.24, 2.45) is 0 Å². The van der Waals surface area contributed by atoms with Crippen molar-refractivity contribution in [1.82, 2.24) is 4.90 Å². The number of carbonyl (C=O) groups excluding carboxylic acids is 1. The van der Waals surface area contributed by atoms with Crippen LogP contribution in [0.3, 0.4) is 0 Å². The van der Waals surface area contributed by atoms with Crippen molar-refractivity contribution in [1.29, 1.82) is 0 Å². The molecule has 1 atom stereocenters. The molecule has 0 spiro atoms. The number of piperazine rings is 1. The van der Waals surface area contributed by atoms with Gasteiger partial charge in [-0.05, 0) is 31.2 Å². The van der Waals surface area contributed by atoms with Crippen LogP contribution < -0.4 is 4.90 Å². The van der Waals surface area contributed by atoms with E-state index in [9.17, 15) is 22.8 Å². The molecular weight excluding hydrogens is 301 g/mol. The normalized spacial score (nSPS) is 19.2. The lowest BCUT2D eigenvalue weighted by atomic mass is 10.1. The Kier molecular flexibility index (Phi) is 4.30. The van der Waals surface area contributed by atoms with Gasteiger partial charge < -0.3 is 14.9 Å². The van der Waals surface area contributed by atoms with Gasteiger partial charge in [0.1, 0.15) is 0 Å². The van der Waals surface area contributed by atoms with Crippen molar-refractivity contribution in [3.8, 4) is 0 Å². The maximum Gasteiger partial charge on any atom is 0.471 e. The first kappa shape index (κ1) is 16.1. The van der Waals surface area contributed by atoms with Crippen LogP contribution in [0.2, 0.25) is 0 Å². The first-order valence-corrected chi connectivity index (χ1v) is 6.66. The van der Waals surface area contributed by atoms with Gasteiger partial charge in [-0.15, -0.1) is 0 Å². The molecule has 120 valence electrons. The topological polar surface area (TPSA) is 60.9 Å². The molecule has 1 fully saturated rings. The summed E-state index contributed by atoms with van der Waals surface area (Å²) in [6.07, 6.45) is -4.86. The Morgan fingerprint density at radius 3 is 2.23 bits per heavy atom. The minimum atomic E-state index is -4.86. The number of carboxylic acid groups (broad SMARTS) is 1. The van der Waals surface area contributed by atoms with E-state index in [1.54, 1.807) is 19.1 Å². The Balaban J connectivity index is 2.06. The van der Waals surface area contributed by atoms with Crippen LogP contribution in [0.15, 0.2) is 24.3 Å². The fourth-order valence-corrected chi connectivity index (χ4v) is 2.47. The quantitative estimate of drug-likeness (QED) is 0.906. The molecule has 0 radical (unpaired) electrons. The SMILES string of the molecule is CC1CN(c2ccc(C(=O)O)cc2)CCN1C(=O)C(F)(F)F. The largest absolute Gasteiger partial charge is 0.478 e. The minimum absolute atomic E-state index is 0.0276. The average Bonchev–Trinajstić information content (AvgIpc) is 2.45. The van der Waals surface area contributed by atoms with Gasteiger partial charge in [-0.1, -0.05) is 0 Å². The van der Waals surface area contributed by atoms with E-state index in [0.29, 0.717) is 0 Å². The third kappa shape index (κ3) is 3.32. The zero-order chi connectivity index (χ0) is 16.5.